The lowest BCUT2D eigenvalue weighted by Gasteiger charge is -2.11. The second-order valence-corrected chi connectivity index (χ2v) is 7.18. The summed E-state index contributed by atoms with van der Waals surface area (Å²) in [5.41, 5.74) is 0.605. The zero-order valence-corrected chi connectivity index (χ0v) is 13.4. The summed E-state index contributed by atoms with van der Waals surface area (Å²) >= 11 is 0. The van der Waals surface area contributed by atoms with E-state index in [1.165, 1.54) is 0 Å². The van der Waals surface area contributed by atoms with Crippen molar-refractivity contribution in [2.45, 2.75) is 51.3 Å². The highest BCUT2D eigenvalue weighted by molar-refractivity contribution is 7.91. The first kappa shape index (κ1) is 16.9. The predicted molar refractivity (Wildman–Crippen MR) is 81.8 cm³/mol. The van der Waals surface area contributed by atoms with Gasteiger partial charge in [-0.2, -0.15) is 0 Å². The van der Waals surface area contributed by atoms with E-state index in [1.54, 1.807) is 24.3 Å². The predicted octanol–water partition coefficient (Wildman–Crippen LogP) is 3.88. The third kappa shape index (κ3) is 4.17. The van der Waals surface area contributed by atoms with Gasteiger partial charge in [0.05, 0.1) is 10.6 Å². The molecule has 3 nitrogen and oxygen atoms in total. The molecular weight excluding hydrogens is 272 g/mol. The molecule has 4 heteroatoms. The van der Waals surface area contributed by atoms with Gasteiger partial charge in [-0.3, -0.25) is 4.79 Å². The normalized spacial score (nSPS) is 11.8. The van der Waals surface area contributed by atoms with E-state index >= 15 is 0 Å². The molecule has 0 atom stereocenters. The average molecular weight is 296 g/mol. The third-order valence-electron chi connectivity index (χ3n) is 3.62. The maximum atomic E-state index is 12.2. The number of rotatable bonds is 8. The standard InChI is InChI=1S/C16H24O3S/c1-4-7-12-20(18,19)15-10-8-14(9-11-15)16(17)13(5-2)6-3/h8-11,13H,4-7,12H2,1-3H3. The summed E-state index contributed by atoms with van der Waals surface area (Å²) in [6.45, 7) is 5.96. The number of unbranched alkanes of at least 4 members (excludes halogenated alkanes) is 1. The van der Waals surface area contributed by atoms with Gasteiger partial charge >= 0.3 is 0 Å². The Bertz CT molecular complexity index is 525. The van der Waals surface area contributed by atoms with Crippen LogP contribution in [0.4, 0.5) is 0 Å². The fourth-order valence-electron chi connectivity index (χ4n) is 2.17. The van der Waals surface area contributed by atoms with Crippen molar-refractivity contribution in [2.75, 3.05) is 5.75 Å². The topological polar surface area (TPSA) is 51.2 Å². The largest absolute Gasteiger partial charge is 0.294 e. The quantitative estimate of drug-likeness (QED) is 0.684. The van der Waals surface area contributed by atoms with Crippen molar-refractivity contribution in [3.8, 4) is 0 Å². The number of sulfone groups is 1. The molecule has 0 saturated heterocycles. The molecule has 1 aromatic rings. The monoisotopic (exact) mass is 296 g/mol. The van der Waals surface area contributed by atoms with Crippen LogP contribution in [0.5, 0.6) is 0 Å². The third-order valence-corrected chi connectivity index (χ3v) is 5.44. The molecule has 0 unspecified atom stereocenters. The van der Waals surface area contributed by atoms with Gasteiger partial charge in [0.2, 0.25) is 0 Å². The fraction of sp³-hybridized carbons (Fsp3) is 0.562. The number of benzene rings is 1. The van der Waals surface area contributed by atoms with Crippen LogP contribution < -0.4 is 0 Å². The van der Waals surface area contributed by atoms with Gasteiger partial charge in [-0.1, -0.05) is 39.3 Å². The van der Waals surface area contributed by atoms with E-state index in [9.17, 15) is 13.2 Å². The number of carbonyl (C=O) groups excluding carboxylic acids is 1. The number of Topliss-reactive ketones (excluding diaryl/α,β-unsaturated/α-hetero) is 1. The van der Waals surface area contributed by atoms with Crippen LogP contribution in [0.1, 0.15) is 56.8 Å². The van der Waals surface area contributed by atoms with Crippen LogP contribution in [0.3, 0.4) is 0 Å². The van der Waals surface area contributed by atoms with E-state index in [4.69, 9.17) is 0 Å². The Balaban J connectivity index is 2.91. The Morgan fingerprint density at radius 2 is 1.60 bits per heavy atom. The van der Waals surface area contributed by atoms with Crippen molar-refractivity contribution in [2.24, 2.45) is 5.92 Å². The van der Waals surface area contributed by atoms with E-state index < -0.39 is 9.84 Å². The Labute approximate surface area is 122 Å². The fourth-order valence-corrected chi connectivity index (χ4v) is 3.63. The first-order chi connectivity index (χ1) is 9.46. The molecule has 0 bridgehead atoms. The van der Waals surface area contributed by atoms with Gasteiger partial charge in [0.25, 0.3) is 0 Å². The summed E-state index contributed by atoms with van der Waals surface area (Å²) in [5, 5.41) is 0. The zero-order valence-electron chi connectivity index (χ0n) is 12.6. The van der Waals surface area contributed by atoms with Gasteiger partial charge in [0, 0.05) is 11.5 Å². The minimum atomic E-state index is -3.21. The number of hydrogen-bond acceptors (Lipinski definition) is 3. The molecule has 0 aromatic heterocycles. The summed E-state index contributed by atoms with van der Waals surface area (Å²) < 4.78 is 24.1. The highest BCUT2D eigenvalue weighted by Crippen LogP contribution is 2.19. The summed E-state index contributed by atoms with van der Waals surface area (Å²) in [5.74, 6) is 0.300. The molecule has 0 amide bonds. The molecule has 112 valence electrons. The molecule has 0 spiro atoms. The molecule has 1 aromatic carbocycles. The lowest BCUT2D eigenvalue weighted by atomic mass is 9.93. The molecule has 0 aliphatic rings. The van der Waals surface area contributed by atoms with Crippen LogP contribution in [0.25, 0.3) is 0 Å². The van der Waals surface area contributed by atoms with E-state index in [-0.39, 0.29) is 17.5 Å². The van der Waals surface area contributed by atoms with Crippen LogP contribution in [0.15, 0.2) is 29.2 Å². The Morgan fingerprint density at radius 3 is 2.05 bits per heavy atom. The molecule has 0 aliphatic heterocycles. The molecule has 20 heavy (non-hydrogen) atoms. The maximum Gasteiger partial charge on any atom is 0.178 e. The zero-order chi connectivity index (χ0) is 15.2. The molecule has 0 fully saturated rings. The number of ketones is 1. The van der Waals surface area contributed by atoms with Crippen molar-refractivity contribution < 1.29 is 13.2 Å². The molecule has 0 aliphatic carbocycles. The Morgan fingerprint density at radius 1 is 1.05 bits per heavy atom. The van der Waals surface area contributed by atoms with Crippen molar-refractivity contribution >= 4 is 15.6 Å². The lowest BCUT2D eigenvalue weighted by Crippen LogP contribution is -2.13. The van der Waals surface area contributed by atoms with Gasteiger partial charge in [-0.15, -0.1) is 0 Å². The molecular formula is C16H24O3S. The highest BCUT2D eigenvalue weighted by Gasteiger charge is 2.18. The number of carbonyl (C=O) groups is 1. The first-order valence-corrected chi connectivity index (χ1v) is 8.98. The van der Waals surface area contributed by atoms with Gasteiger partial charge in [-0.05, 0) is 31.4 Å². The van der Waals surface area contributed by atoms with Gasteiger partial charge in [-0.25, -0.2) is 8.42 Å². The van der Waals surface area contributed by atoms with Gasteiger partial charge in [0.15, 0.2) is 15.6 Å². The Kier molecular flexibility index (Phi) is 6.40. The van der Waals surface area contributed by atoms with Crippen molar-refractivity contribution in [3.05, 3.63) is 29.8 Å². The number of hydrogen-bond donors (Lipinski definition) is 0. The van der Waals surface area contributed by atoms with Crippen LogP contribution in [0, 0.1) is 5.92 Å². The molecule has 0 heterocycles. The van der Waals surface area contributed by atoms with Gasteiger partial charge < -0.3 is 0 Å². The molecule has 0 radical (unpaired) electrons. The summed E-state index contributed by atoms with van der Waals surface area (Å²) in [6, 6.07) is 6.39. The second kappa shape index (κ2) is 7.58. The SMILES string of the molecule is CCCCS(=O)(=O)c1ccc(C(=O)C(CC)CC)cc1. The lowest BCUT2D eigenvalue weighted by molar-refractivity contribution is 0.0913. The molecule has 0 N–H and O–H groups in total. The minimum Gasteiger partial charge on any atom is -0.294 e. The minimum absolute atomic E-state index is 0.0255. The van der Waals surface area contributed by atoms with Crippen molar-refractivity contribution in [3.63, 3.8) is 0 Å². The summed E-state index contributed by atoms with van der Waals surface area (Å²) in [6.07, 6.45) is 3.14. The Hall–Kier alpha value is -1.16. The van der Waals surface area contributed by atoms with E-state index in [0.29, 0.717) is 16.9 Å². The van der Waals surface area contributed by atoms with Crippen LogP contribution in [-0.4, -0.2) is 20.0 Å². The first-order valence-electron chi connectivity index (χ1n) is 7.33. The maximum absolute atomic E-state index is 12.2. The average Bonchev–Trinajstić information content (AvgIpc) is 2.46. The molecule has 0 saturated carbocycles. The van der Waals surface area contributed by atoms with E-state index in [0.717, 1.165) is 19.3 Å². The van der Waals surface area contributed by atoms with E-state index in [1.807, 2.05) is 20.8 Å². The van der Waals surface area contributed by atoms with Crippen LogP contribution >= 0.6 is 0 Å². The smallest absolute Gasteiger partial charge is 0.178 e. The highest BCUT2D eigenvalue weighted by atomic mass is 32.2. The van der Waals surface area contributed by atoms with Crippen molar-refractivity contribution in [1.29, 1.82) is 0 Å². The summed E-state index contributed by atoms with van der Waals surface area (Å²) in [7, 11) is -3.21. The second-order valence-electron chi connectivity index (χ2n) is 5.07. The van der Waals surface area contributed by atoms with Crippen LogP contribution in [0.2, 0.25) is 0 Å². The summed E-state index contributed by atoms with van der Waals surface area (Å²) in [4.78, 5) is 12.5. The van der Waals surface area contributed by atoms with E-state index in [2.05, 4.69) is 0 Å². The van der Waals surface area contributed by atoms with Crippen LogP contribution in [-0.2, 0) is 9.84 Å². The van der Waals surface area contributed by atoms with Gasteiger partial charge in [0.1, 0.15) is 0 Å². The van der Waals surface area contributed by atoms with Crippen molar-refractivity contribution in [1.82, 2.24) is 0 Å². The molecule has 1 rings (SSSR count).